The molecule has 0 aliphatic heterocycles. The SMILES string of the molecule is CCCCCCCCCCC(CCC)OC(=O)C1CCCCC1C(=O)O. The first-order valence-electron chi connectivity index (χ1n) is 11.0. The molecule has 1 aliphatic carbocycles. The summed E-state index contributed by atoms with van der Waals surface area (Å²) in [4.78, 5) is 24.0. The number of esters is 1. The minimum atomic E-state index is -0.846. The second-order valence-corrected chi connectivity index (χ2v) is 7.95. The third-order valence-corrected chi connectivity index (χ3v) is 5.66. The highest BCUT2D eigenvalue weighted by Gasteiger charge is 2.37. The number of rotatable bonds is 14. The lowest BCUT2D eigenvalue weighted by Crippen LogP contribution is -2.35. The van der Waals surface area contributed by atoms with Crippen LogP contribution in [0.5, 0.6) is 0 Å². The van der Waals surface area contributed by atoms with Gasteiger partial charge in [0.1, 0.15) is 6.10 Å². The summed E-state index contributed by atoms with van der Waals surface area (Å²) in [6, 6.07) is 0. The van der Waals surface area contributed by atoms with Gasteiger partial charge in [0.2, 0.25) is 0 Å². The lowest BCUT2D eigenvalue weighted by molar-refractivity contribution is -0.164. The van der Waals surface area contributed by atoms with Gasteiger partial charge in [0, 0.05) is 0 Å². The van der Waals surface area contributed by atoms with Crippen molar-refractivity contribution in [1.82, 2.24) is 0 Å². The second kappa shape index (κ2) is 14.1. The number of hydrogen-bond acceptors (Lipinski definition) is 3. The largest absolute Gasteiger partial charge is 0.481 e. The van der Waals surface area contributed by atoms with Gasteiger partial charge in [-0.15, -0.1) is 0 Å². The molecule has 1 rings (SSSR count). The monoisotopic (exact) mass is 368 g/mol. The van der Waals surface area contributed by atoms with Gasteiger partial charge in [-0.25, -0.2) is 0 Å². The predicted molar refractivity (Wildman–Crippen MR) is 105 cm³/mol. The molecule has 1 saturated carbocycles. The Balaban J connectivity index is 2.32. The van der Waals surface area contributed by atoms with Crippen molar-refractivity contribution < 1.29 is 19.4 Å². The molecule has 0 amide bonds. The van der Waals surface area contributed by atoms with Crippen LogP contribution in [0.15, 0.2) is 0 Å². The van der Waals surface area contributed by atoms with Gasteiger partial charge < -0.3 is 9.84 Å². The van der Waals surface area contributed by atoms with Crippen molar-refractivity contribution in [2.24, 2.45) is 11.8 Å². The molecule has 152 valence electrons. The summed E-state index contributed by atoms with van der Waals surface area (Å²) in [5, 5.41) is 9.37. The van der Waals surface area contributed by atoms with Crippen molar-refractivity contribution in [2.45, 2.75) is 116 Å². The van der Waals surface area contributed by atoms with Crippen molar-refractivity contribution in [3.05, 3.63) is 0 Å². The first-order valence-corrected chi connectivity index (χ1v) is 11.0. The average Bonchev–Trinajstić information content (AvgIpc) is 2.63. The van der Waals surface area contributed by atoms with Gasteiger partial charge in [-0.3, -0.25) is 9.59 Å². The first-order chi connectivity index (χ1) is 12.6. The molecule has 3 atom stereocenters. The molecule has 1 aliphatic rings. The standard InChI is InChI=1S/C22H40O4/c1-3-5-6-7-8-9-10-11-15-18(14-4-2)26-22(25)20-17-13-12-16-19(20)21(23)24/h18-20H,3-17H2,1-2H3,(H,23,24). The van der Waals surface area contributed by atoms with Gasteiger partial charge in [-0.2, -0.15) is 0 Å². The smallest absolute Gasteiger partial charge is 0.310 e. The molecule has 3 unspecified atom stereocenters. The minimum absolute atomic E-state index is 0.0380. The summed E-state index contributed by atoms with van der Waals surface area (Å²) in [5.74, 6) is -2.11. The van der Waals surface area contributed by atoms with Crippen LogP contribution in [0.25, 0.3) is 0 Å². The molecular weight excluding hydrogens is 328 g/mol. The summed E-state index contributed by atoms with van der Waals surface area (Å²) in [6.07, 6.45) is 16.0. The van der Waals surface area contributed by atoms with Crippen LogP contribution in [0.4, 0.5) is 0 Å². The molecule has 0 aromatic rings. The molecule has 0 saturated heterocycles. The van der Waals surface area contributed by atoms with E-state index < -0.39 is 17.8 Å². The van der Waals surface area contributed by atoms with E-state index in [4.69, 9.17) is 4.74 Å². The van der Waals surface area contributed by atoms with E-state index in [2.05, 4.69) is 13.8 Å². The molecule has 0 aromatic carbocycles. The lowest BCUT2D eigenvalue weighted by atomic mass is 9.79. The van der Waals surface area contributed by atoms with Crippen molar-refractivity contribution in [1.29, 1.82) is 0 Å². The summed E-state index contributed by atoms with van der Waals surface area (Å²) < 4.78 is 5.77. The quantitative estimate of drug-likeness (QED) is 0.296. The van der Waals surface area contributed by atoms with Gasteiger partial charge in [0.05, 0.1) is 11.8 Å². The Morgan fingerprint density at radius 2 is 1.42 bits per heavy atom. The van der Waals surface area contributed by atoms with Gasteiger partial charge in [-0.05, 0) is 32.1 Å². The van der Waals surface area contributed by atoms with Gasteiger partial charge in [0.15, 0.2) is 0 Å². The first kappa shape index (κ1) is 23.0. The molecule has 1 N–H and O–H groups in total. The van der Waals surface area contributed by atoms with Gasteiger partial charge >= 0.3 is 11.9 Å². The highest BCUT2D eigenvalue weighted by molar-refractivity contribution is 5.81. The fourth-order valence-electron chi connectivity index (χ4n) is 4.05. The Morgan fingerprint density at radius 1 is 0.846 bits per heavy atom. The topological polar surface area (TPSA) is 63.6 Å². The molecule has 0 heterocycles. The van der Waals surface area contributed by atoms with Crippen LogP contribution in [0.1, 0.15) is 110 Å². The van der Waals surface area contributed by atoms with E-state index in [9.17, 15) is 14.7 Å². The van der Waals surface area contributed by atoms with Crippen molar-refractivity contribution >= 4 is 11.9 Å². The summed E-state index contributed by atoms with van der Waals surface area (Å²) in [6.45, 7) is 4.34. The highest BCUT2D eigenvalue weighted by atomic mass is 16.5. The molecule has 4 nitrogen and oxygen atoms in total. The number of carboxylic acids is 1. The van der Waals surface area contributed by atoms with E-state index in [-0.39, 0.29) is 12.1 Å². The zero-order valence-electron chi connectivity index (χ0n) is 17.0. The van der Waals surface area contributed by atoms with Crippen LogP contribution >= 0.6 is 0 Å². The zero-order valence-corrected chi connectivity index (χ0v) is 17.0. The van der Waals surface area contributed by atoms with E-state index in [1.165, 1.54) is 44.9 Å². The van der Waals surface area contributed by atoms with Gasteiger partial charge in [-0.1, -0.05) is 78.1 Å². The maximum atomic E-state index is 12.5. The van der Waals surface area contributed by atoms with Gasteiger partial charge in [0.25, 0.3) is 0 Å². The maximum Gasteiger partial charge on any atom is 0.310 e. The Morgan fingerprint density at radius 3 is 2.00 bits per heavy atom. The number of aliphatic carboxylic acids is 1. The van der Waals surface area contributed by atoms with Crippen LogP contribution in [-0.2, 0) is 14.3 Å². The fourth-order valence-corrected chi connectivity index (χ4v) is 4.05. The molecule has 0 spiro atoms. The van der Waals surface area contributed by atoms with Crippen LogP contribution in [-0.4, -0.2) is 23.1 Å². The third-order valence-electron chi connectivity index (χ3n) is 5.66. The number of hydrogen-bond donors (Lipinski definition) is 1. The van der Waals surface area contributed by atoms with E-state index in [1.807, 2.05) is 0 Å². The van der Waals surface area contributed by atoms with Crippen LogP contribution in [0.2, 0.25) is 0 Å². The minimum Gasteiger partial charge on any atom is -0.481 e. The number of unbranched alkanes of at least 4 members (excludes halogenated alkanes) is 7. The van der Waals surface area contributed by atoms with E-state index in [1.54, 1.807) is 0 Å². The number of ether oxygens (including phenoxy) is 1. The average molecular weight is 369 g/mol. The Labute approximate surface area is 160 Å². The molecule has 0 bridgehead atoms. The third kappa shape index (κ3) is 9.05. The molecule has 26 heavy (non-hydrogen) atoms. The molecule has 1 fully saturated rings. The molecule has 0 aromatic heterocycles. The number of carboxylic acid groups (broad SMARTS) is 1. The predicted octanol–water partition coefficient (Wildman–Crippen LogP) is 6.12. The number of carbonyl (C=O) groups is 2. The van der Waals surface area contributed by atoms with Crippen molar-refractivity contribution in [2.75, 3.05) is 0 Å². The van der Waals surface area contributed by atoms with E-state index >= 15 is 0 Å². The van der Waals surface area contributed by atoms with E-state index in [0.29, 0.717) is 12.8 Å². The summed E-state index contributed by atoms with van der Waals surface area (Å²) in [5.41, 5.74) is 0. The summed E-state index contributed by atoms with van der Waals surface area (Å²) >= 11 is 0. The Hall–Kier alpha value is -1.06. The zero-order chi connectivity index (χ0) is 19.2. The van der Waals surface area contributed by atoms with Crippen LogP contribution in [0, 0.1) is 11.8 Å². The van der Waals surface area contributed by atoms with Crippen molar-refractivity contribution in [3.63, 3.8) is 0 Å². The second-order valence-electron chi connectivity index (χ2n) is 7.95. The van der Waals surface area contributed by atoms with E-state index in [0.717, 1.165) is 38.5 Å². The van der Waals surface area contributed by atoms with Crippen LogP contribution in [0.3, 0.4) is 0 Å². The molecular formula is C22H40O4. The molecule has 4 heteroatoms. The summed E-state index contributed by atoms with van der Waals surface area (Å²) in [7, 11) is 0. The Kier molecular flexibility index (Phi) is 12.4. The number of carbonyl (C=O) groups excluding carboxylic acids is 1. The highest BCUT2D eigenvalue weighted by Crippen LogP contribution is 2.32. The normalized spacial score (nSPS) is 21.3. The maximum absolute atomic E-state index is 12.5. The lowest BCUT2D eigenvalue weighted by Gasteiger charge is -2.28. The molecule has 0 radical (unpaired) electrons. The Bertz CT molecular complexity index is 394. The van der Waals surface area contributed by atoms with Crippen LogP contribution < -0.4 is 0 Å². The fraction of sp³-hybridized carbons (Fsp3) is 0.909. The van der Waals surface area contributed by atoms with Crippen molar-refractivity contribution in [3.8, 4) is 0 Å².